The van der Waals surface area contributed by atoms with Crippen LogP contribution in [0.3, 0.4) is 0 Å². The third kappa shape index (κ3) is 4.71. The van der Waals surface area contributed by atoms with Crippen LogP contribution < -0.4 is 0 Å². The zero-order valence-electron chi connectivity index (χ0n) is 13.4. The van der Waals surface area contributed by atoms with E-state index in [-0.39, 0.29) is 5.41 Å². The lowest BCUT2D eigenvalue weighted by Crippen LogP contribution is -2.22. The molecule has 0 spiro atoms. The van der Waals surface area contributed by atoms with E-state index in [0.717, 1.165) is 5.56 Å². The molecular formula is C18H29NO. The lowest BCUT2D eigenvalue weighted by Gasteiger charge is -2.29. The third-order valence-electron chi connectivity index (χ3n) is 4.27. The van der Waals surface area contributed by atoms with E-state index in [1.54, 1.807) is 6.26 Å². The van der Waals surface area contributed by atoms with Gasteiger partial charge in [-0.15, -0.1) is 6.42 Å². The van der Waals surface area contributed by atoms with Gasteiger partial charge in [-0.05, 0) is 24.2 Å². The second-order valence-corrected chi connectivity index (χ2v) is 6.05. The van der Waals surface area contributed by atoms with Gasteiger partial charge >= 0.3 is 0 Å². The monoisotopic (exact) mass is 275 g/mol. The van der Waals surface area contributed by atoms with Gasteiger partial charge < -0.3 is 4.52 Å². The third-order valence-corrected chi connectivity index (χ3v) is 4.27. The molecule has 1 aromatic heterocycles. The second-order valence-electron chi connectivity index (χ2n) is 6.05. The molecule has 20 heavy (non-hydrogen) atoms. The summed E-state index contributed by atoms with van der Waals surface area (Å²) in [6.07, 6.45) is 18.6. The van der Waals surface area contributed by atoms with Gasteiger partial charge in [0, 0.05) is 5.56 Å². The van der Waals surface area contributed by atoms with Crippen LogP contribution in [0.2, 0.25) is 0 Å². The molecule has 1 rings (SSSR count). The van der Waals surface area contributed by atoms with Crippen molar-refractivity contribution in [2.45, 2.75) is 84.0 Å². The first kappa shape index (κ1) is 16.8. The number of rotatable bonds is 10. The molecule has 2 nitrogen and oxygen atoms in total. The van der Waals surface area contributed by atoms with Crippen LogP contribution in [0.4, 0.5) is 0 Å². The van der Waals surface area contributed by atoms with E-state index in [2.05, 4.69) is 31.8 Å². The van der Waals surface area contributed by atoms with Gasteiger partial charge in [-0.3, -0.25) is 0 Å². The van der Waals surface area contributed by atoms with E-state index in [0.29, 0.717) is 5.69 Å². The highest BCUT2D eigenvalue weighted by molar-refractivity contribution is 5.36. The van der Waals surface area contributed by atoms with Crippen LogP contribution in [0.15, 0.2) is 10.8 Å². The number of terminal acetylenes is 1. The maximum Gasteiger partial charge on any atom is 0.159 e. The van der Waals surface area contributed by atoms with Gasteiger partial charge in [-0.1, -0.05) is 70.9 Å². The Morgan fingerprint density at radius 3 is 2.30 bits per heavy atom. The van der Waals surface area contributed by atoms with E-state index in [1.807, 2.05) is 0 Å². The fraction of sp³-hybridized carbons (Fsp3) is 0.722. The van der Waals surface area contributed by atoms with Crippen molar-refractivity contribution in [1.29, 1.82) is 0 Å². The lowest BCUT2D eigenvalue weighted by atomic mass is 9.74. The van der Waals surface area contributed by atoms with Gasteiger partial charge in [0.1, 0.15) is 6.26 Å². The Morgan fingerprint density at radius 2 is 1.70 bits per heavy atom. The molecule has 0 saturated heterocycles. The Morgan fingerprint density at radius 1 is 1.10 bits per heavy atom. The van der Waals surface area contributed by atoms with Gasteiger partial charge in [0.2, 0.25) is 0 Å². The SMILES string of the molecule is C#Cc1nocc1C(C)(CCCCC)CCCCCC. The molecule has 112 valence electrons. The van der Waals surface area contributed by atoms with E-state index in [9.17, 15) is 0 Å². The zero-order chi connectivity index (χ0) is 14.8. The smallest absolute Gasteiger partial charge is 0.159 e. The molecule has 0 aliphatic carbocycles. The zero-order valence-corrected chi connectivity index (χ0v) is 13.4. The minimum Gasteiger partial charge on any atom is -0.363 e. The number of unbranched alkanes of at least 4 members (excludes halogenated alkanes) is 5. The summed E-state index contributed by atoms with van der Waals surface area (Å²) in [5, 5.41) is 3.96. The molecule has 0 N–H and O–H groups in total. The number of hydrogen-bond acceptors (Lipinski definition) is 2. The summed E-state index contributed by atoms with van der Waals surface area (Å²) in [5.74, 6) is 2.67. The maximum atomic E-state index is 5.55. The second kappa shape index (κ2) is 8.84. The Kier molecular flexibility index (Phi) is 7.44. The number of aromatic nitrogens is 1. The average molecular weight is 275 g/mol. The predicted molar refractivity (Wildman–Crippen MR) is 84.7 cm³/mol. The molecule has 2 heteroatoms. The highest BCUT2D eigenvalue weighted by Crippen LogP contribution is 2.36. The minimum atomic E-state index is 0.116. The Bertz CT molecular complexity index is 415. The van der Waals surface area contributed by atoms with Crippen LogP contribution in [0.25, 0.3) is 0 Å². The van der Waals surface area contributed by atoms with E-state index in [4.69, 9.17) is 10.9 Å². The first-order valence-corrected chi connectivity index (χ1v) is 8.09. The van der Waals surface area contributed by atoms with Gasteiger partial charge in [0.05, 0.1) is 0 Å². The molecule has 0 radical (unpaired) electrons. The molecular weight excluding hydrogens is 246 g/mol. The molecule has 0 bridgehead atoms. The van der Waals surface area contributed by atoms with Gasteiger partial charge in [0.15, 0.2) is 5.69 Å². The molecule has 0 aliphatic rings. The van der Waals surface area contributed by atoms with Gasteiger partial charge in [-0.25, -0.2) is 0 Å². The topological polar surface area (TPSA) is 26.0 Å². The van der Waals surface area contributed by atoms with Crippen molar-refractivity contribution in [2.24, 2.45) is 0 Å². The fourth-order valence-electron chi connectivity index (χ4n) is 2.87. The van der Waals surface area contributed by atoms with Crippen molar-refractivity contribution in [2.75, 3.05) is 0 Å². The van der Waals surface area contributed by atoms with Crippen LogP contribution in [-0.2, 0) is 5.41 Å². The molecule has 0 aliphatic heterocycles. The molecule has 0 amide bonds. The van der Waals surface area contributed by atoms with Crippen molar-refractivity contribution in [3.05, 3.63) is 17.5 Å². The summed E-state index contributed by atoms with van der Waals surface area (Å²) in [6.45, 7) is 6.81. The van der Waals surface area contributed by atoms with Crippen LogP contribution in [0.5, 0.6) is 0 Å². The standard InChI is InChI=1S/C18H29NO/c1-5-8-10-12-14-18(4,13-11-9-6-2)16-15-20-19-17(16)7-3/h3,15H,5-6,8-14H2,1-2,4H3. The summed E-state index contributed by atoms with van der Waals surface area (Å²) < 4.78 is 5.12. The fourth-order valence-corrected chi connectivity index (χ4v) is 2.87. The Balaban J connectivity index is 2.75. The quantitative estimate of drug-likeness (QED) is 0.418. The van der Waals surface area contributed by atoms with Crippen LogP contribution in [0.1, 0.15) is 89.8 Å². The molecule has 0 aromatic carbocycles. The average Bonchev–Trinajstić information content (AvgIpc) is 2.93. The van der Waals surface area contributed by atoms with Gasteiger partial charge in [0.25, 0.3) is 0 Å². The highest BCUT2D eigenvalue weighted by Gasteiger charge is 2.30. The first-order chi connectivity index (χ1) is 9.68. The summed E-state index contributed by atoms with van der Waals surface area (Å²) in [7, 11) is 0. The van der Waals surface area contributed by atoms with Gasteiger partial charge in [-0.2, -0.15) is 0 Å². The largest absolute Gasteiger partial charge is 0.363 e. The number of hydrogen-bond donors (Lipinski definition) is 0. The Hall–Kier alpha value is -1.23. The lowest BCUT2D eigenvalue weighted by molar-refractivity contribution is 0.359. The van der Waals surface area contributed by atoms with Crippen LogP contribution >= 0.6 is 0 Å². The maximum absolute atomic E-state index is 5.55. The molecule has 1 aromatic rings. The van der Waals surface area contributed by atoms with Crippen molar-refractivity contribution >= 4 is 0 Å². The Labute approximate surface area is 124 Å². The summed E-state index contributed by atoms with van der Waals surface area (Å²) in [6, 6.07) is 0. The van der Waals surface area contributed by atoms with Crippen LogP contribution in [-0.4, -0.2) is 5.16 Å². The molecule has 0 saturated carbocycles. The van der Waals surface area contributed by atoms with Crippen molar-refractivity contribution in [1.82, 2.24) is 5.16 Å². The summed E-state index contributed by atoms with van der Waals surface area (Å²) in [4.78, 5) is 0. The number of nitrogens with zero attached hydrogens (tertiary/aromatic N) is 1. The predicted octanol–water partition coefficient (Wildman–Crippen LogP) is 5.46. The molecule has 0 fully saturated rings. The van der Waals surface area contributed by atoms with Crippen LogP contribution in [0, 0.1) is 12.3 Å². The van der Waals surface area contributed by atoms with Crippen molar-refractivity contribution in [3.63, 3.8) is 0 Å². The highest BCUT2D eigenvalue weighted by atomic mass is 16.5. The minimum absolute atomic E-state index is 0.116. The summed E-state index contributed by atoms with van der Waals surface area (Å²) in [5.41, 5.74) is 1.94. The van der Waals surface area contributed by atoms with E-state index in [1.165, 1.54) is 57.8 Å². The normalized spacial score (nSPS) is 13.9. The summed E-state index contributed by atoms with van der Waals surface area (Å²) >= 11 is 0. The first-order valence-electron chi connectivity index (χ1n) is 8.09. The molecule has 1 atom stereocenters. The van der Waals surface area contributed by atoms with Crippen molar-refractivity contribution < 1.29 is 4.52 Å². The molecule has 1 heterocycles. The molecule has 1 unspecified atom stereocenters. The van der Waals surface area contributed by atoms with E-state index < -0.39 is 0 Å². The van der Waals surface area contributed by atoms with Crippen molar-refractivity contribution in [3.8, 4) is 12.3 Å². The van der Waals surface area contributed by atoms with E-state index >= 15 is 0 Å².